The van der Waals surface area contributed by atoms with Gasteiger partial charge in [-0.15, -0.1) is 0 Å². The van der Waals surface area contributed by atoms with Gasteiger partial charge in [-0.05, 0) is 24.3 Å². The first-order valence-electron chi connectivity index (χ1n) is 4.70. The van der Waals surface area contributed by atoms with Crippen LogP contribution in [-0.4, -0.2) is 31.9 Å². The highest BCUT2D eigenvalue weighted by Crippen LogP contribution is 2.12. The van der Waals surface area contributed by atoms with Gasteiger partial charge in [-0.25, -0.2) is 14.3 Å². The third-order valence-corrected chi connectivity index (χ3v) is 2.20. The monoisotopic (exact) mass is 232 g/mol. The molecule has 6 heteroatoms. The fourth-order valence-corrected chi connectivity index (χ4v) is 1.44. The largest absolute Gasteiger partial charge is 0.478 e. The van der Waals surface area contributed by atoms with Crippen LogP contribution in [0.25, 0.3) is 5.69 Å². The van der Waals surface area contributed by atoms with E-state index < -0.39 is 11.9 Å². The van der Waals surface area contributed by atoms with Gasteiger partial charge in [0.1, 0.15) is 0 Å². The number of hydrogen-bond donors (Lipinski definition) is 2. The molecule has 0 amide bonds. The van der Waals surface area contributed by atoms with Crippen molar-refractivity contribution in [2.24, 2.45) is 0 Å². The third kappa shape index (κ3) is 2.00. The molecular weight excluding hydrogens is 224 g/mol. The number of nitrogens with zero attached hydrogens (tertiary/aromatic N) is 2. The first-order chi connectivity index (χ1) is 8.09. The number of hydrogen-bond acceptors (Lipinski definition) is 3. The number of aromatic carboxylic acids is 2. The summed E-state index contributed by atoms with van der Waals surface area (Å²) in [5.74, 6) is -2.20. The van der Waals surface area contributed by atoms with Gasteiger partial charge in [-0.2, -0.15) is 5.10 Å². The summed E-state index contributed by atoms with van der Waals surface area (Å²) >= 11 is 0. The van der Waals surface area contributed by atoms with Gasteiger partial charge in [0.2, 0.25) is 0 Å². The minimum absolute atomic E-state index is 0.0208. The van der Waals surface area contributed by atoms with Crippen molar-refractivity contribution in [3.63, 3.8) is 0 Å². The van der Waals surface area contributed by atoms with Crippen molar-refractivity contribution in [3.8, 4) is 5.69 Å². The van der Waals surface area contributed by atoms with Crippen molar-refractivity contribution in [2.45, 2.75) is 0 Å². The quantitative estimate of drug-likeness (QED) is 0.831. The standard InChI is InChI=1S/C11H8N2O4/c14-10(15)7-2-1-3-8(6-7)13-9(11(16)17)4-5-12-13/h1-6H,(H,14,15)(H,16,17). The van der Waals surface area contributed by atoms with Crippen LogP contribution in [0.15, 0.2) is 36.5 Å². The average molecular weight is 232 g/mol. The van der Waals surface area contributed by atoms with E-state index >= 15 is 0 Å². The zero-order valence-corrected chi connectivity index (χ0v) is 8.57. The van der Waals surface area contributed by atoms with Crippen molar-refractivity contribution in [1.29, 1.82) is 0 Å². The van der Waals surface area contributed by atoms with E-state index in [0.29, 0.717) is 5.69 Å². The van der Waals surface area contributed by atoms with E-state index in [4.69, 9.17) is 10.2 Å². The Bertz CT molecular complexity index is 589. The highest BCUT2D eigenvalue weighted by atomic mass is 16.4. The second-order valence-corrected chi connectivity index (χ2v) is 3.29. The van der Waals surface area contributed by atoms with Gasteiger partial charge in [-0.1, -0.05) is 6.07 Å². The summed E-state index contributed by atoms with van der Waals surface area (Å²) in [4.78, 5) is 21.7. The van der Waals surface area contributed by atoms with E-state index in [0.717, 1.165) is 0 Å². The molecule has 0 saturated carbocycles. The summed E-state index contributed by atoms with van der Waals surface area (Å²) in [6, 6.07) is 7.26. The Morgan fingerprint density at radius 3 is 2.53 bits per heavy atom. The molecule has 0 unspecified atom stereocenters. The van der Waals surface area contributed by atoms with Gasteiger partial charge in [0.15, 0.2) is 5.69 Å². The molecule has 1 aromatic heterocycles. The molecule has 1 heterocycles. The van der Waals surface area contributed by atoms with E-state index in [-0.39, 0.29) is 11.3 Å². The van der Waals surface area contributed by atoms with Crippen LogP contribution >= 0.6 is 0 Å². The molecule has 0 atom stereocenters. The van der Waals surface area contributed by atoms with Crippen LogP contribution in [0.3, 0.4) is 0 Å². The van der Waals surface area contributed by atoms with Crippen LogP contribution in [0.1, 0.15) is 20.8 Å². The molecule has 0 spiro atoms. The number of carboxylic acids is 2. The van der Waals surface area contributed by atoms with E-state index in [1.165, 1.54) is 35.1 Å². The van der Waals surface area contributed by atoms with Crippen LogP contribution in [0.2, 0.25) is 0 Å². The molecule has 2 aromatic rings. The molecule has 1 aromatic carbocycles. The maximum atomic E-state index is 10.9. The number of aromatic nitrogens is 2. The van der Waals surface area contributed by atoms with Crippen LogP contribution in [0, 0.1) is 0 Å². The topological polar surface area (TPSA) is 92.4 Å². The Kier molecular flexibility index (Phi) is 2.61. The smallest absolute Gasteiger partial charge is 0.354 e. The predicted molar refractivity (Wildman–Crippen MR) is 57.5 cm³/mol. The van der Waals surface area contributed by atoms with Crippen LogP contribution in [0.4, 0.5) is 0 Å². The van der Waals surface area contributed by atoms with Gasteiger partial charge >= 0.3 is 11.9 Å². The summed E-state index contributed by atoms with van der Waals surface area (Å²) < 4.78 is 1.18. The zero-order valence-electron chi connectivity index (χ0n) is 8.57. The molecule has 17 heavy (non-hydrogen) atoms. The van der Waals surface area contributed by atoms with E-state index in [9.17, 15) is 9.59 Å². The molecule has 0 aliphatic carbocycles. The fourth-order valence-electron chi connectivity index (χ4n) is 1.44. The van der Waals surface area contributed by atoms with Crippen LogP contribution in [0.5, 0.6) is 0 Å². The van der Waals surface area contributed by atoms with Crippen molar-refractivity contribution in [1.82, 2.24) is 9.78 Å². The Hall–Kier alpha value is -2.63. The Balaban J connectivity index is 2.53. The number of rotatable bonds is 3. The average Bonchev–Trinajstić information content (AvgIpc) is 2.78. The Labute approximate surface area is 95.7 Å². The fraction of sp³-hybridized carbons (Fsp3) is 0. The summed E-state index contributed by atoms with van der Waals surface area (Å²) in [7, 11) is 0. The van der Waals surface area contributed by atoms with Gasteiger partial charge in [0.05, 0.1) is 17.4 Å². The maximum absolute atomic E-state index is 10.9. The highest BCUT2D eigenvalue weighted by molar-refractivity contribution is 5.89. The van der Waals surface area contributed by atoms with Crippen molar-refractivity contribution in [2.75, 3.05) is 0 Å². The maximum Gasteiger partial charge on any atom is 0.354 e. The third-order valence-electron chi connectivity index (χ3n) is 2.20. The second kappa shape index (κ2) is 4.09. The normalized spacial score (nSPS) is 10.1. The molecule has 2 rings (SSSR count). The molecule has 0 bridgehead atoms. The van der Waals surface area contributed by atoms with E-state index in [2.05, 4.69) is 5.10 Å². The highest BCUT2D eigenvalue weighted by Gasteiger charge is 2.12. The van der Waals surface area contributed by atoms with Crippen molar-refractivity contribution < 1.29 is 19.8 Å². The summed E-state index contributed by atoms with van der Waals surface area (Å²) in [6.45, 7) is 0. The van der Waals surface area contributed by atoms with Gasteiger partial charge in [-0.3, -0.25) is 0 Å². The van der Waals surface area contributed by atoms with E-state index in [1.807, 2.05) is 0 Å². The summed E-state index contributed by atoms with van der Waals surface area (Å²) in [5, 5.41) is 21.6. The van der Waals surface area contributed by atoms with Crippen LogP contribution < -0.4 is 0 Å². The SMILES string of the molecule is O=C(O)c1cccc(-n2nccc2C(=O)O)c1. The summed E-state index contributed by atoms with van der Waals surface area (Å²) in [6.07, 6.45) is 1.34. The molecule has 0 aliphatic rings. The van der Waals surface area contributed by atoms with Crippen LogP contribution in [-0.2, 0) is 0 Å². The van der Waals surface area contributed by atoms with Gasteiger partial charge < -0.3 is 10.2 Å². The minimum Gasteiger partial charge on any atom is -0.478 e. The van der Waals surface area contributed by atoms with Crippen molar-refractivity contribution >= 4 is 11.9 Å². The predicted octanol–water partition coefficient (Wildman–Crippen LogP) is 1.27. The molecule has 0 saturated heterocycles. The molecule has 0 radical (unpaired) electrons. The molecule has 0 aliphatic heterocycles. The molecular formula is C11H8N2O4. The molecule has 86 valence electrons. The minimum atomic E-state index is -1.12. The number of carboxylic acid groups (broad SMARTS) is 2. The number of benzene rings is 1. The Morgan fingerprint density at radius 1 is 1.12 bits per heavy atom. The Morgan fingerprint density at radius 2 is 1.88 bits per heavy atom. The molecule has 0 fully saturated rings. The van der Waals surface area contributed by atoms with Gasteiger partial charge in [0.25, 0.3) is 0 Å². The lowest BCUT2D eigenvalue weighted by Crippen LogP contribution is -2.08. The summed E-state index contributed by atoms with van der Waals surface area (Å²) in [5.41, 5.74) is 0.453. The lowest BCUT2D eigenvalue weighted by molar-refractivity contribution is 0.0681. The van der Waals surface area contributed by atoms with Gasteiger partial charge in [0, 0.05) is 0 Å². The lowest BCUT2D eigenvalue weighted by Gasteiger charge is -2.05. The molecule has 2 N–H and O–H groups in total. The first kappa shape index (κ1) is 10.9. The number of carbonyl (C=O) groups is 2. The first-order valence-corrected chi connectivity index (χ1v) is 4.70. The zero-order chi connectivity index (χ0) is 12.4. The van der Waals surface area contributed by atoms with Crippen molar-refractivity contribution in [3.05, 3.63) is 47.8 Å². The van der Waals surface area contributed by atoms with E-state index in [1.54, 1.807) is 6.07 Å². The lowest BCUT2D eigenvalue weighted by atomic mass is 10.2. The second-order valence-electron chi connectivity index (χ2n) is 3.29. The molecule has 6 nitrogen and oxygen atoms in total.